The minimum atomic E-state index is -0.872. The number of β-amino-alcohol motifs (C(OH)–C–C–N with tert-alkyl or cyclic N) is 2. The van der Waals surface area contributed by atoms with Crippen LogP contribution in [0, 0.1) is 23.7 Å². The van der Waals surface area contributed by atoms with Gasteiger partial charge in [-0.3, -0.25) is 9.59 Å². The number of carbonyl (C=O) groups is 2. The first-order valence-corrected chi connectivity index (χ1v) is 16.2. The average molecular weight is 553 g/mol. The summed E-state index contributed by atoms with van der Waals surface area (Å²) in [6.07, 6.45) is 11.0. The van der Waals surface area contributed by atoms with E-state index in [0.29, 0.717) is 18.3 Å². The molecule has 2 amide bonds. The van der Waals surface area contributed by atoms with E-state index in [9.17, 15) is 19.8 Å². The number of likely N-dealkylation sites (tertiary alicyclic amines) is 2. The molecule has 5 atom stereocenters. The van der Waals surface area contributed by atoms with Crippen molar-refractivity contribution in [3.05, 3.63) is 35.9 Å². The van der Waals surface area contributed by atoms with Crippen LogP contribution in [0.25, 0.3) is 0 Å². The third-order valence-corrected chi connectivity index (χ3v) is 11.6. The van der Waals surface area contributed by atoms with Gasteiger partial charge in [0.15, 0.2) is 0 Å². The summed E-state index contributed by atoms with van der Waals surface area (Å²) in [4.78, 5) is 31.2. The van der Waals surface area contributed by atoms with Crippen molar-refractivity contribution in [2.45, 2.75) is 121 Å². The van der Waals surface area contributed by atoms with Gasteiger partial charge in [0.25, 0.3) is 0 Å². The molecular weight excluding hydrogens is 500 g/mol. The van der Waals surface area contributed by atoms with E-state index in [1.54, 1.807) is 4.90 Å². The van der Waals surface area contributed by atoms with Gasteiger partial charge < -0.3 is 20.0 Å². The molecule has 40 heavy (non-hydrogen) atoms. The predicted molar refractivity (Wildman–Crippen MR) is 158 cm³/mol. The smallest absolute Gasteiger partial charge is 0.226 e. The Morgan fingerprint density at radius 2 is 1.62 bits per heavy atom. The number of aliphatic hydroxyl groups is 2. The summed E-state index contributed by atoms with van der Waals surface area (Å²) in [5, 5.41) is 19.8. The zero-order valence-corrected chi connectivity index (χ0v) is 25.1. The van der Waals surface area contributed by atoms with E-state index in [1.165, 1.54) is 37.7 Å². The minimum Gasteiger partial charge on any atom is -0.388 e. The Kier molecular flexibility index (Phi) is 8.97. The summed E-state index contributed by atoms with van der Waals surface area (Å²) in [7, 11) is 0. The van der Waals surface area contributed by atoms with Crippen molar-refractivity contribution >= 4 is 11.8 Å². The molecule has 2 heterocycles. The lowest BCUT2D eigenvalue weighted by atomic mass is 9.56. The number of hydrogen-bond donors (Lipinski definition) is 2. The number of rotatable bonds is 9. The molecule has 2 saturated carbocycles. The van der Waals surface area contributed by atoms with Crippen LogP contribution in [0.4, 0.5) is 0 Å². The number of aliphatic hydroxyl groups excluding tert-OH is 2. The van der Waals surface area contributed by atoms with Gasteiger partial charge in [-0.1, -0.05) is 70.4 Å². The SMILES string of the molecule is CCCC(C)[C@]1(c2ccccc2)CC[C@@]2(CCC(C(C)CC(=O)N3C[C@H](O)[C@@H](O)C3)C(=O)N2CC2CCC2)CC1. The molecule has 3 unspecified atom stereocenters. The van der Waals surface area contributed by atoms with Gasteiger partial charge in [-0.25, -0.2) is 0 Å². The molecule has 0 radical (unpaired) electrons. The Morgan fingerprint density at radius 3 is 2.20 bits per heavy atom. The second kappa shape index (κ2) is 12.1. The Hall–Kier alpha value is -1.92. The maximum absolute atomic E-state index is 14.3. The van der Waals surface area contributed by atoms with Crippen molar-refractivity contribution in [3.63, 3.8) is 0 Å². The Morgan fingerprint density at radius 1 is 0.975 bits per heavy atom. The summed E-state index contributed by atoms with van der Waals surface area (Å²) in [5.41, 5.74) is 1.59. The number of carbonyl (C=O) groups excluding carboxylic acids is 2. The summed E-state index contributed by atoms with van der Waals surface area (Å²) in [5.74, 6) is 1.26. The van der Waals surface area contributed by atoms with E-state index in [0.717, 1.165) is 45.1 Å². The lowest BCUT2D eigenvalue weighted by Crippen LogP contribution is -2.62. The highest BCUT2D eigenvalue weighted by molar-refractivity contribution is 5.83. The molecule has 1 aromatic carbocycles. The molecule has 1 spiro atoms. The van der Waals surface area contributed by atoms with Gasteiger partial charge in [0.2, 0.25) is 11.8 Å². The summed E-state index contributed by atoms with van der Waals surface area (Å²) in [6, 6.07) is 11.1. The Labute approximate surface area is 241 Å². The van der Waals surface area contributed by atoms with Crippen molar-refractivity contribution < 1.29 is 19.8 Å². The van der Waals surface area contributed by atoms with Crippen LogP contribution in [0.15, 0.2) is 30.3 Å². The quantitative estimate of drug-likeness (QED) is 0.436. The van der Waals surface area contributed by atoms with Gasteiger partial charge in [-0.2, -0.15) is 0 Å². The molecule has 2 saturated heterocycles. The molecule has 222 valence electrons. The third kappa shape index (κ3) is 5.60. The van der Waals surface area contributed by atoms with Crippen molar-refractivity contribution in [2.75, 3.05) is 19.6 Å². The molecule has 6 heteroatoms. The van der Waals surface area contributed by atoms with Crippen LogP contribution in [0.2, 0.25) is 0 Å². The summed E-state index contributed by atoms with van der Waals surface area (Å²) < 4.78 is 0. The molecule has 4 fully saturated rings. The first-order chi connectivity index (χ1) is 19.2. The van der Waals surface area contributed by atoms with Gasteiger partial charge in [-0.15, -0.1) is 0 Å². The molecule has 6 nitrogen and oxygen atoms in total. The summed E-state index contributed by atoms with van der Waals surface area (Å²) >= 11 is 0. The second-order valence-corrected chi connectivity index (χ2v) is 13.9. The van der Waals surface area contributed by atoms with Crippen LogP contribution < -0.4 is 0 Å². The fourth-order valence-corrected chi connectivity index (χ4v) is 8.61. The van der Waals surface area contributed by atoms with Gasteiger partial charge in [0.05, 0.1) is 12.2 Å². The lowest BCUT2D eigenvalue weighted by Gasteiger charge is -2.58. The van der Waals surface area contributed by atoms with Gasteiger partial charge in [-0.05, 0) is 80.1 Å². The van der Waals surface area contributed by atoms with Gasteiger partial charge >= 0.3 is 0 Å². The normalized spacial score (nSPS) is 34.6. The fraction of sp³-hybridized carbons (Fsp3) is 0.765. The zero-order chi connectivity index (χ0) is 28.5. The minimum absolute atomic E-state index is 0.0484. The van der Waals surface area contributed by atoms with Crippen LogP contribution in [0.5, 0.6) is 0 Å². The second-order valence-electron chi connectivity index (χ2n) is 13.9. The van der Waals surface area contributed by atoms with Gasteiger partial charge in [0.1, 0.15) is 0 Å². The molecular formula is C34H52N2O4. The number of piperidine rings is 1. The molecule has 0 bridgehead atoms. The maximum Gasteiger partial charge on any atom is 0.226 e. The van der Waals surface area contributed by atoms with E-state index in [-0.39, 0.29) is 47.7 Å². The van der Waals surface area contributed by atoms with E-state index >= 15 is 0 Å². The predicted octanol–water partition coefficient (Wildman–Crippen LogP) is 5.30. The van der Waals surface area contributed by atoms with Crippen LogP contribution in [0.1, 0.15) is 103 Å². The fourth-order valence-electron chi connectivity index (χ4n) is 8.61. The van der Waals surface area contributed by atoms with Crippen molar-refractivity contribution in [3.8, 4) is 0 Å². The van der Waals surface area contributed by atoms with E-state index in [4.69, 9.17) is 0 Å². The van der Waals surface area contributed by atoms with Crippen molar-refractivity contribution in [2.24, 2.45) is 23.7 Å². The van der Waals surface area contributed by atoms with E-state index in [1.807, 2.05) is 0 Å². The molecule has 2 N–H and O–H groups in total. The topological polar surface area (TPSA) is 81.1 Å². The first-order valence-electron chi connectivity index (χ1n) is 16.2. The standard InChI is InChI=1S/C34H52N2O4/c1-4-9-25(3)34(27-12-6-5-7-13-27)18-16-33(17-19-34)15-14-28(32(40)36(33)21-26-10-8-11-26)24(2)20-31(39)35-22-29(37)30(38)23-35/h5-7,12-13,24-26,28-30,37-38H,4,8-11,14-23H2,1-3H3/t24?,25?,28?,29-,30-,33-,34-/m0/s1. The summed E-state index contributed by atoms with van der Waals surface area (Å²) in [6.45, 7) is 8.03. The van der Waals surface area contributed by atoms with Crippen LogP contribution in [-0.2, 0) is 15.0 Å². The highest BCUT2D eigenvalue weighted by atomic mass is 16.3. The Balaban J connectivity index is 1.32. The lowest BCUT2D eigenvalue weighted by molar-refractivity contribution is -0.156. The molecule has 5 rings (SSSR count). The molecule has 2 aliphatic carbocycles. The molecule has 2 aliphatic heterocycles. The number of hydrogen-bond acceptors (Lipinski definition) is 4. The van der Waals surface area contributed by atoms with Crippen LogP contribution >= 0.6 is 0 Å². The highest BCUT2D eigenvalue weighted by Gasteiger charge is 2.53. The first kappa shape index (κ1) is 29.6. The number of benzene rings is 1. The average Bonchev–Trinajstić information content (AvgIpc) is 3.26. The Bertz CT molecular complexity index is 1010. The van der Waals surface area contributed by atoms with E-state index in [2.05, 4.69) is 56.0 Å². The molecule has 4 aliphatic rings. The monoisotopic (exact) mass is 552 g/mol. The van der Waals surface area contributed by atoms with Crippen LogP contribution in [-0.4, -0.2) is 69.2 Å². The van der Waals surface area contributed by atoms with Crippen LogP contribution in [0.3, 0.4) is 0 Å². The molecule has 1 aromatic rings. The largest absolute Gasteiger partial charge is 0.388 e. The number of nitrogens with zero attached hydrogens (tertiary/aromatic N) is 2. The van der Waals surface area contributed by atoms with Gasteiger partial charge in [0, 0.05) is 37.5 Å². The van der Waals surface area contributed by atoms with E-state index < -0.39 is 12.2 Å². The maximum atomic E-state index is 14.3. The number of amides is 2. The van der Waals surface area contributed by atoms with Crippen molar-refractivity contribution in [1.29, 1.82) is 0 Å². The third-order valence-electron chi connectivity index (χ3n) is 11.6. The van der Waals surface area contributed by atoms with Crippen molar-refractivity contribution in [1.82, 2.24) is 9.80 Å². The zero-order valence-electron chi connectivity index (χ0n) is 25.1. The molecule has 0 aromatic heterocycles. The highest BCUT2D eigenvalue weighted by Crippen LogP contribution is 2.54.